The monoisotopic (exact) mass is 430 g/mol. The van der Waals surface area contributed by atoms with Crippen LogP contribution < -0.4 is 10.2 Å². The van der Waals surface area contributed by atoms with Gasteiger partial charge in [-0.1, -0.05) is 48.0 Å². The summed E-state index contributed by atoms with van der Waals surface area (Å²) in [7, 11) is 0. The van der Waals surface area contributed by atoms with E-state index in [0.29, 0.717) is 21.8 Å². The molecule has 4 rings (SSSR count). The van der Waals surface area contributed by atoms with Gasteiger partial charge >= 0.3 is 0 Å². The number of carbonyl (C=O) groups is 2. The number of rotatable bonds is 4. The largest absolute Gasteiger partial charge is 0.350 e. The number of hydrogen-bond acceptors (Lipinski definition) is 3. The number of amides is 2. The van der Waals surface area contributed by atoms with Crippen molar-refractivity contribution in [2.75, 3.05) is 10.2 Å². The van der Waals surface area contributed by atoms with Gasteiger partial charge in [0.15, 0.2) is 0 Å². The van der Waals surface area contributed by atoms with Gasteiger partial charge < -0.3 is 5.32 Å². The van der Waals surface area contributed by atoms with Crippen molar-refractivity contribution in [2.24, 2.45) is 0 Å². The number of anilines is 2. The first-order valence-electron chi connectivity index (χ1n) is 10.1. The first-order valence-corrected chi connectivity index (χ1v) is 10.5. The van der Waals surface area contributed by atoms with Crippen molar-refractivity contribution in [2.45, 2.75) is 27.7 Å². The SMILES string of the molecule is Cc1cccc(NC2=C(c3ccc(Cl)cc3)C(=O)N(c3cccc(C)c3C)C2=O)c1C. The van der Waals surface area contributed by atoms with Crippen molar-refractivity contribution in [3.8, 4) is 0 Å². The molecule has 4 nitrogen and oxygen atoms in total. The number of nitrogens with one attached hydrogen (secondary N) is 1. The molecule has 0 bridgehead atoms. The van der Waals surface area contributed by atoms with Gasteiger partial charge in [-0.3, -0.25) is 9.59 Å². The maximum absolute atomic E-state index is 13.6. The van der Waals surface area contributed by atoms with Gasteiger partial charge in [-0.2, -0.15) is 0 Å². The number of imide groups is 1. The van der Waals surface area contributed by atoms with E-state index in [4.69, 9.17) is 11.6 Å². The number of carbonyl (C=O) groups excluding carboxylic acids is 2. The van der Waals surface area contributed by atoms with Crippen LogP contribution in [0.4, 0.5) is 11.4 Å². The number of aryl methyl sites for hydroxylation is 2. The molecule has 0 saturated carbocycles. The molecule has 3 aromatic rings. The van der Waals surface area contributed by atoms with Crippen LogP contribution in [0.1, 0.15) is 27.8 Å². The Morgan fingerprint density at radius 1 is 0.742 bits per heavy atom. The second kappa shape index (κ2) is 8.05. The fourth-order valence-electron chi connectivity index (χ4n) is 3.75. The summed E-state index contributed by atoms with van der Waals surface area (Å²) in [6, 6.07) is 18.4. The lowest BCUT2D eigenvalue weighted by atomic mass is 10.0. The zero-order valence-electron chi connectivity index (χ0n) is 17.9. The molecule has 1 heterocycles. The van der Waals surface area contributed by atoms with E-state index < -0.39 is 0 Å². The third-order valence-corrected chi connectivity index (χ3v) is 6.15. The second-order valence-electron chi connectivity index (χ2n) is 7.79. The van der Waals surface area contributed by atoms with Gasteiger partial charge in [-0.15, -0.1) is 0 Å². The maximum Gasteiger partial charge on any atom is 0.282 e. The summed E-state index contributed by atoms with van der Waals surface area (Å²) >= 11 is 6.06. The standard InChI is InChI=1S/C26H23ClN2O2/c1-15-7-5-9-21(17(15)3)28-24-23(19-11-13-20(27)14-12-19)25(30)29(26(24)31)22-10-6-8-16(2)18(22)4/h5-14,28H,1-4H3. The molecular formula is C26H23ClN2O2. The fourth-order valence-corrected chi connectivity index (χ4v) is 3.87. The predicted octanol–water partition coefficient (Wildman–Crippen LogP) is 5.97. The Morgan fingerprint density at radius 3 is 2.03 bits per heavy atom. The number of benzene rings is 3. The third-order valence-electron chi connectivity index (χ3n) is 5.90. The van der Waals surface area contributed by atoms with Crippen LogP contribution in [0.5, 0.6) is 0 Å². The Hall–Kier alpha value is -3.37. The van der Waals surface area contributed by atoms with Gasteiger partial charge in [0, 0.05) is 10.7 Å². The third kappa shape index (κ3) is 3.64. The van der Waals surface area contributed by atoms with Crippen molar-refractivity contribution in [3.63, 3.8) is 0 Å². The minimum Gasteiger partial charge on any atom is -0.350 e. The zero-order chi connectivity index (χ0) is 22.3. The molecule has 5 heteroatoms. The van der Waals surface area contributed by atoms with Crippen molar-refractivity contribution in [3.05, 3.63) is 99.2 Å². The molecule has 3 aromatic carbocycles. The van der Waals surface area contributed by atoms with E-state index in [-0.39, 0.29) is 17.5 Å². The summed E-state index contributed by atoms with van der Waals surface area (Å²) in [6.45, 7) is 7.89. The first-order chi connectivity index (χ1) is 14.8. The van der Waals surface area contributed by atoms with Gasteiger partial charge in [-0.05, 0) is 79.8 Å². The first kappa shape index (κ1) is 20.9. The van der Waals surface area contributed by atoms with E-state index in [1.54, 1.807) is 30.3 Å². The minimum atomic E-state index is -0.371. The van der Waals surface area contributed by atoms with Crippen LogP contribution in [0, 0.1) is 27.7 Å². The summed E-state index contributed by atoms with van der Waals surface area (Å²) in [5, 5.41) is 3.83. The lowest BCUT2D eigenvalue weighted by Gasteiger charge is -2.19. The summed E-state index contributed by atoms with van der Waals surface area (Å²) in [6.07, 6.45) is 0. The van der Waals surface area contributed by atoms with E-state index in [1.165, 1.54) is 4.90 Å². The molecule has 156 valence electrons. The lowest BCUT2D eigenvalue weighted by molar-refractivity contribution is -0.120. The lowest BCUT2D eigenvalue weighted by Crippen LogP contribution is -2.33. The molecule has 0 spiro atoms. The molecule has 0 aliphatic carbocycles. The Morgan fingerprint density at radius 2 is 1.35 bits per heavy atom. The molecule has 0 aromatic heterocycles. The molecule has 0 radical (unpaired) electrons. The molecule has 1 N–H and O–H groups in total. The highest BCUT2D eigenvalue weighted by atomic mass is 35.5. The summed E-state index contributed by atoms with van der Waals surface area (Å²) in [5.41, 5.74) is 6.67. The number of nitrogens with zero attached hydrogens (tertiary/aromatic N) is 1. The van der Waals surface area contributed by atoms with Gasteiger partial charge in [0.05, 0.1) is 11.3 Å². The van der Waals surface area contributed by atoms with Gasteiger partial charge in [0.1, 0.15) is 5.70 Å². The van der Waals surface area contributed by atoms with Crippen LogP contribution in [0.25, 0.3) is 5.57 Å². The molecule has 1 aliphatic heterocycles. The molecule has 2 amide bonds. The highest BCUT2D eigenvalue weighted by Gasteiger charge is 2.41. The molecule has 0 atom stereocenters. The smallest absolute Gasteiger partial charge is 0.282 e. The highest BCUT2D eigenvalue weighted by Crippen LogP contribution is 2.36. The molecule has 0 fully saturated rings. The molecule has 0 unspecified atom stereocenters. The van der Waals surface area contributed by atoms with E-state index >= 15 is 0 Å². The van der Waals surface area contributed by atoms with E-state index in [0.717, 1.165) is 27.9 Å². The van der Waals surface area contributed by atoms with Crippen LogP contribution >= 0.6 is 11.6 Å². The molecule has 0 saturated heterocycles. The fraction of sp³-hybridized carbons (Fsp3) is 0.154. The van der Waals surface area contributed by atoms with Crippen LogP contribution in [0.3, 0.4) is 0 Å². The highest BCUT2D eigenvalue weighted by molar-refractivity contribution is 6.46. The summed E-state index contributed by atoms with van der Waals surface area (Å²) in [5.74, 6) is -0.724. The molecule has 31 heavy (non-hydrogen) atoms. The molecular weight excluding hydrogens is 408 g/mol. The number of halogens is 1. The quantitative estimate of drug-likeness (QED) is 0.518. The van der Waals surface area contributed by atoms with Gasteiger partial charge in [0.2, 0.25) is 0 Å². The van der Waals surface area contributed by atoms with Crippen molar-refractivity contribution in [1.82, 2.24) is 0 Å². The van der Waals surface area contributed by atoms with Crippen molar-refractivity contribution >= 4 is 40.4 Å². The Bertz CT molecular complexity index is 1240. The summed E-state index contributed by atoms with van der Waals surface area (Å²) in [4.78, 5) is 28.4. The van der Waals surface area contributed by atoms with Gasteiger partial charge in [-0.25, -0.2) is 4.90 Å². The van der Waals surface area contributed by atoms with E-state index in [1.807, 2.05) is 58.0 Å². The van der Waals surface area contributed by atoms with E-state index in [2.05, 4.69) is 5.32 Å². The zero-order valence-corrected chi connectivity index (χ0v) is 18.7. The maximum atomic E-state index is 13.6. The van der Waals surface area contributed by atoms with Crippen molar-refractivity contribution in [1.29, 1.82) is 0 Å². The van der Waals surface area contributed by atoms with Crippen LogP contribution in [0.15, 0.2) is 66.4 Å². The predicted molar refractivity (Wildman–Crippen MR) is 126 cm³/mol. The minimum absolute atomic E-state index is 0.266. The Balaban J connectivity index is 1.88. The van der Waals surface area contributed by atoms with E-state index in [9.17, 15) is 9.59 Å². The summed E-state index contributed by atoms with van der Waals surface area (Å²) < 4.78 is 0. The van der Waals surface area contributed by atoms with Crippen LogP contribution in [-0.4, -0.2) is 11.8 Å². The second-order valence-corrected chi connectivity index (χ2v) is 8.23. The van der Waals surface area contributed by atoms with Gasteiger partial charge in [0.25, 0.3) is 11.8 Å². The average Bonchev–Trinajstić information content (AvgIpc) is 2.98. The topological polar surface area (TPSA) is 49.4 Å². The normalized spacial score (nSPS) is 13.9. The Kier molecular flexibility index (Phi) is 5.42. The van der Waals surface area contributed by atoms with Crippen molar-refractivity contribution < 1.29 is 9.59 Å². The van der Waals surface area contributed by atoms with Crippen LogP contribution in [0.2, 0.25) is 5.02 Å². The molecule has 1 aliphatic rings. The Labute approximate surface area is 187 Å². The average molecular weight is 431 g/mol. The van der Waals surface area contributed by atoms with Crippen LogP contribution in [-0.2, 0) is 9.59 Å². The number of hydrogen-bond donors (Lipinski definition) is 1.